The molecule has 7 atom stereocenters. The van der Waals surface area contributed by atoms with E-state index in [0.717, 1.165) is 32.5 Å². The van der Waals surface area contributed by atoms with Crippen molar-refractivity contribution < 1.29 is 28.5 Å². The highest BCUT2D eigenvalue weighted by Crippen LogP contribution is 2.59. The van der Waals surface area contributed by atoms with Crippen LogP contribution in [0.5, 0.6) is 0 Å². The molecule has 0 bridgehead atoms. The number of ether oxygens (including phenoxy) is 4. The molecule has 0 aromatic heterocycles. The zero-order valence-electron chi connectivity index (χ0n) is 23.7. The van der Waals surface area contributed by atoms with Gasteiger partial charge in [-0.2, -0.15) is 0 Å². The quantitative estimate of drug-likeness (QED) is 0.239. The molecule has 3 saturated heterocycles. The van der Waals surface area contributed by atoms with Crippen LogP contribution in [-0.4, -0.2) is 86.2 Å². The fraction of sp³-hybridized carbons (Fsp3) is 0.862. The maximum atomic E-state index is 13.1. The topological polar surface area (TPSA) is 92.9 Å². The first-order valence-electron chi connectivity index (χ1n) is 14.3. The number of hydrogen-bond donors (Lipinski definition) is 1. The molecule has 210 valence electrons. The summed E-state index contributed by atoms with van der Waals surface area (Å²) >= 11 is 0. The van der Waals surface area contributed by atoms with Crippen LogP contribution in [0, 0.1) is 17.8 Å². The first-order chi connectivity index (χ1) is 17.6. The molecule has 37 heavy (non-hydrogen) atoms. The maximum absolute atomic E-state index is 13.1. The zero-order valence-corrected chi connectivity index (χ0v) is 23.7. The summed E-state index contributed by atoms with van der Waals surface area (Å²) in [4.78, 5) is 28.4. The standard InChI is InChI=1S/C29H48N2O6/c1-19(2)9-10-23-28(5,37-23)26-25(34-6)22(11-12-29(26)18-35-29)36-24(32)17-21(20(3)4)27(33)30-13-16-31-14-7-8-15-31/h9,20-23,25-26H,7-8,10-18H2,1-6H3,(H,30,33)/t21-,22-,23-,25-,26?,28?,29+/m1/s1. The van der Waals surface area contributed by atoms with Crippen molar-refractivity contribution in [2.45, 2.75) is 103 Å². The summed E-state index contributed by atoms with van der Waals surface area (Å²) in [6.45, 7) is 14.7. The second-order valence-corrected chi connectivity index (χ2v) is 12.3. The summed E-state index contributed by atoms with van der Waals surface area (Å²) in [6.07, 6.45) is 6.51. The SMILES string of the molecule is CO[C@H]1C(C2(C)O[C@@H]2CC=C(C)C)[C@]2(CC[C@H]1OC(=O)C[C@@H](C(=O)NCCN1CCCC1)C(C)C)CO2. The minimum atomic E-state index is -0.415. The number of hydrogen-bond acceptors (Lipinski definition) is 7. The van der Waals surface area contributed by atoms with E-state index in [4.69, 9.17) is 18.9 Å². The summed E-state index contributed by atoms with van der Waals surface area (Å²) in [5, 5.41) is 3.05. The van der Waals surface area contributed by atoms with Gasteiger partial charge in [0, 0.05) is 20.2 Å². The Morgan fingerprint density at radius 3 is 2.51 bits per heavy atom. The third kappa shape index (κ3) is 6.57. The zero-order chi connectivity index (χ0) is 26.8. The number of amides is 1. The average Bonchev–Trinajstić information content (AvgIpc) is 3.69. The predicted octanol–water partition coefficient (Wildman–Crippen LogP) is 3.48. The molecular formula is C29H48N2O6. The Balaban J connectivity index is 1.35. The lowest BCUT2D eigenvalue weighted by atomic mass is 9.68. The second kappa shape index (κ2) is 11.7. The lowest BCUT2D eigenvalue weighted by molar-refractivity contribution is -0.173. The fourth-order valence-corrected chi connectivity index (χ4v) is 6.57. The first kappa shape index (κ1) is 28.5. The fourth-order valence-electron chi connectivity index (χ4n) is 6.57. The van der Waals surface area contributed by atoms with Crippen LogP contribution in [0.2, 0.25) is 0 Å². The molecule has 1 spiro atoms. The summed E-state index contributed by atoms with van der Waals surface area (Å²) in [6, 6.07) is 0. The highest BCUT2D eigenvalue weighted by molar-refractivity contribution is 5.84. The van der Waals surface area contributed by atoms with Crippen molar-refractivity contribution in [3.8, 4) is 0 Å². The highest BCUT2D eigenvalue weighted by Gasteiger charge is 2.72. The molecular weight excluding hydrogens is 472 g/mol. The molecule has 3 aliphatic heterocycles. The van der Waals surface area contributed by atoms with E-state index in [9.17, 15) is 9.59 Å². The van der Waals surface area contributed by atoms with Gasteiger partial charge in [-0.1, -0.05) is 25.5 Å². The monoisotopic (exact) mass is 520 g/mol. The molecule has 1 saturated carbocycles. The van der Waals surface area contributed by atoms with E-state index in [0.29, 0.717) is 19.6 Å². The van der Waals surface area contributed by atoms with E-state index < -0.39 is 5.92 Å². The second-order valence-electron chi connectivity index (χ2n) is 12.3. The van der Waals surface area contributed by atoms with Gasteiger partial charge in [-0.3, -0.25) is 9.59 Å². The number of esters is 1. The van der Waals surface area contributed by atoms with E-state index in [1.165, 1.54) is 18.4 Å². The van der Waals surface area contributed by atoms with Crippen molar-refractivity contribution in [2.24, 2.45) is 17.8 Å². The molecule has 2 unspecified atom stereocenters. The number of nitrogens with zero attached hydrogens (tertiary/aromatic N) is 1. The van der Waals surface area contributed by atoms with E-state index in [-0.39, 0.29) is 59.6 Å². The van der Waals surface area contributed by atoms with Gasteiger partial charge < -0.3 is 29.2 Å². The molecule has 4 aliphatic rings. The molecule has 4 rings (SSSR count). The molecule has 8 nitrogen and oxygen atoms in total. The van der Waals surface area contributed by atoms with Crippen LogP contribution in [0.25, 0.3) is 0 Å². The van der Waals surface area contributed by atoms with Crippen LogP contribution in [-0.2, 0) is 28.5 Å². The average molecular weight is 521 g/mol. The van der Waals surface area contributed by atoms with Crippen molar-refractivity contribution in [3.05, 3.63) is 11.6 Å². The Labute approximate surface area is 222 Å². The molecule has 0 radical (unpaired) electrons. The van der Waals surface area contributed by atoms with E-state index in [1.807, 2.05) is 13.8 Å². The van der Waals surface area contributed by atoms with Crippen LogP contribution < -0.4 is 5.32 Å². The minimum absolute atomic E-state index is 0.0121. The minimum Gasteiger partial charge on any atom is -0.460 e. The van der Waals surface area contributed by atoms with Crippen molar-refractivity contribution >= 4 is 11.9 Å². The van der Waals surface area contributed by atoms with Crippen molar-refractivity contribution in [3.63, 3.8) is 0 Å². The van der Waals surface area contributed by atoms with E-state index >= 15 is 0 Å². The van der Waals surface area contributed by atoms with Gasteiger partial charge in [-0.05, 0) is 71.9 Å². The Morgan fingerprint density at radius 2 is 1.92 bits per heavy atom. The Hall–Kier alpha value is -1.48. The van der Waals surface area contributed by atoms with Crippen LogP contribution in [0.1, 0.15) is 73.1 Å². The largest absolute Gasteiger partial charge is 0.460 e. The summed E-state index contributed by atoms with van der Waals surface area (Å²) in [5.74, 6) is -0.796. The van der Waals surface area contributed by atoms with Crippen LogP contribution in [0.4, 0.5) is 0 Å². The molecule has 0 aromatic rings. The lowest BCUT2D eigenvalue weighted by Crippen LogP contribution is -2.55. The maximum Gasteiger partial charge on any atom is 0.306 e. The number of nitrogens with one attached hydrogen (secondary N) is 1. The van der Waals surface area contributed by atoms with Gasteiger partial charge in [0.05, 0.1) is 31.0 Å². The molecule has 3 heterocycles. The molecule has 1 amide bonds. The van der Waals surface area contributed by atoms with Gasteiger partial charge in [0.15, 0.2) is 0 Å². The Kier molecular flexibility index (Phi) is 9.04. The number of epoxide rings is 2. The number of carbonyl (C=O) groups excluding carboxylic acids is 2. The molecule has 4 fully saturated rings. The Bertz CT molecular complexity index is 845. The van der Waals surface area contributed by atoms with Gasteiger partial charge in [0.2, 0.25) is 5.91 Å². The third-order valence-electron chi connectivity index (χ3n) is 8.97. The normalized spacial score (nSPS) is 35.9. The van der Waals surface area contributed by atoms with Crippen molar-refractivity contribution in [2.75, 3.05) is 39.9 Å². The van der Waals surface area contributed by atoms with Gasteiger partial charge in [-0.25, -0.2) is 0 Å². The van der Waals surface area contributed by atoms with Crippen molar-refractivity contribution in [1.82, 2.24) is 10.2 Å². The van der Waals surface area contributed by atoms with Crippen LogP contribution in [0.15, 0.2) is 11.6 Å². The highest BCUT2D eigenvalue weighted by atomic mass is 16.6. The van der Waals surface area contributed by atoms with Gasteiger partial charge in [-0.15, -0.1) is 0 Å². The van der Waals surface area contributed by atoms with Gasteiger partial charge in [0.1, 0.15) is 23.4 Å². The Morgan fingerprint density at radius 1 is 1.22 bits per heavy atom. The summed E-state index contributed by atoms with van der Waals surface area (Å²) in [7, 11) is 1.68. The lowest BCUT2D eigenvalue weighted by Gasteiger charge is -2.42. The van der Waals surface area contributed by atoms with E-state index in [2.05, 4.69) is 37.1 Å². The van der Waals surface area contributed by atoms with Crippen molar-refractivity contribution in [1.29, 1.82) is 0 Å². The molecule has 0 aromatic carbocycles. The predicted molar refractivity (Wildman–Crippen MR) is 141 cm³/mol. The summed E-state index contributed by atoms with van der Waals surface area (Å²) in [5.41, 5.74) is 0.645. The third-order valence-corrected chi connectivity index (χ3v) is 8.97. The molecule has 8 heteroatoms. The van der Waals surface area contributed by atoms with E-state index in [1.54, 1.807) is 7.11 Å². The summed E-state index contributed by atoms with van der Waals surface area (Å²) < 4.78 is 24.3. The number of rotatable bonds is 12. The van der Waals surface area contributed by atoms with Crippen LogP contribution in [0.3, 0.4) is 0 Å². The molecule has 1 N–H and O–H groups in total. The molecule has 1 aliphatic carbocycles. The van der Waals surface area contributed by atoms with Gasteiger partial charge >= 0.3 is 5.97 Å². The van der Waals surface area contributed by atoms with Gasteiger partial charge in [0.25, 0.3) is 0 Å². The number of allylic oxidation sites excluding steroid dienone is 1. The number of methoxy groups -OCH3 is 1. The van der Waals surface area contributed by atoms with Crippen LogP contribution >= 0.6 is 0 Å². The number of carbonyl (C=O) groups is 2. The first-order valence-corrected chi connectivity index (χ1v) is 14.3. The number of likely N-dealkylation sites (tertiary alicyclic amines) is 1. The smallest absolute Gasteiger partial charge is 0.306 e.